The summed E-state index contributed by atoms with van der Waals surface area (Å²) in [4.78, 5) is 4.69. The summed E-state index contributed by atoms with van der Waals surface area (Å²) in [6, 6.07) is 11.1. The van der Waals surface area contributed by atoms with Crippen LogP contribution in [0.1, 0.15) is 18.1 Å². The molecule has 1 aromatic heterocycles. The Labute approximate surface area is 123 Å². The Balaban J connectivity index is 2.26. The molecule has 0 amide bonds. The summed E-state index contributed by atoms with van der Waals surface area (Å²) >= 11 is 0. The van der Waals surface area contributed by atoms with Crippen LogP contribution in [0.5, 0.6) is 0 Å². The molecule has 0 aliphatic rings. The largest absolute Gasteiger partial charge is 0.326 e. The number of nitrogens with two attached hydrogens (primary N) is 1. The van der Waals surface area contributed by atoms with E-state index in [2.05, 4.69) is 16.5 Å². The van der Waals surface area contributed by atoms with Gasteiger partial charge in [0, 0.05) is 18.7 Å². The van der Waals surface area contributed by atoms with E-state index in [1.54, 1.807) is 0 Å². The molecule has 0 bridgehead atoms. The van der Waals surface area contributed by atoms with Crippen LogP contribution in [0.2, 0.25) is 0 Å². The predicted octanol–water partition coefficient (Wildman–Crippen LogP) is 3.63. The van der Waals surface area contributed by atoms with Gasteiger partial charge >= 0.3 is 0 Å². The second kappa shape index (κ2) is 5.30. The number of halogens is 1. The summed E-state index contributed by atoms with van der Waals surface area (Å²) in [7, 11) is 0. The maximum Gasteiger partial charge on any atom is 0.141 e. The molecular formula is C17H18FN3. The quantitative estimate of drug-likeness (QED) is 0.797. The van der Waals surface area contributed by atoms with E-state index >= 15 is 0 Å². The van der Waals surface area contributed by atoms with Gasteiger partial charge in [-0.25, -0.2) is 9.37 Å². The lowest BCUT2D eigenvalue weighted by molar-refractivity contribution is 0.626. The molecule has 2 N–H and O–H groups in total. The molecule has 108 valence electrons. The van der Waals surface area contributed by atoms with Crippen LogP contribution < -0.4 is 5.73 Å². The molecule has 3 nitrogen and oxygen atoms in total. The Kier molecular flexibility index (Phi) is 3.47. The lowest BCUT2D eigenvalue weighted by atomic mass is 10.1. The van der Waals surface area contributed by atoms with Crippen molar-refractivity contribution in [2.45, 2.75) is 26.9 Å². The van der Waals surface area contributed by atoms with Crippen molar-refractivity contribution in [2.24, 2.45) is 5.73 Å². The molecule has 4 heteroatoms. The molecule has 3 rings (SSSR count). The first-order valence-corrected chi connectivity index (χ1v) is 7.09. The van der Waals surface area contributed by atoms with Gasteiger partial charge in [-0.05, 0) is 55.3 Å². The molecule has 0 fully saturated rings. The standard InChI is InChI=1S/C17H18FN3/c1-3-21-16-5-4-12(10-19)8-15(16)20-17(21)13-6-11(2)7-14(18)9-13/h4-9H,3,10,19H2,1-2H3. The number of hydrogen-bond donors (Lipinski definition) is 1. The number of aromatic nitrogens is 2. The summed E-state index contributed by atoms with van der Waals surface area (Å²) in [6.07, 6.45) is 0. The predicted molar refractivity (Wildman–Crippen MR) is 83.4 cm³/mol. The van der Waals surface area contributed by atoms with E-state index in [1.807, 2.05) is 31.2 Å². The van der Waals surface area contributed by atoms with E-state index in [0.717, 1.165) is 40.1 Å². The minimum absolute atomic E-state index is 0.234. The van der Waals surface area contributed by atoms with Crippen LogP contribution in [-0.4, -0.2) is 9.55 Å². The van der Waals surface area contributed by atoms with Crippen molar-refractivity contribution in [3.63, 3.8) is 0 Å². The molecule has 0 saturated carbocycles. The number of benzene rings is 2. The van der Waals surface area contributed by atoms with Gasteiger partial charge in [-0.3, -0.25) is 0 Å². The Morgan fingerprint density at radius 3 is 2.67 bits per heavy atom. The normalized spacial score (nSPS) is 11.2. The number of fused-ring (bicyclic) bond motifs is 1. The van der Waals surface area contributed by atoms with Gasteiger partial charge in [-0.15, -0.1) is 0 Å². The summed E-state index contributed by atoms with van der Waals surface area (Å²) in [5, 5.41) is 0. The Bertz CT molecular complexity index is 785. The van der Waals surface area contributed by atoms with E-state index in [1.165, 1.54) is 12.1 Å². The molecule has 2 aromatic carbocycles. The molecular weight excluding hydrogens is 265 g/mol. The van der Waals surface area contributed by atoms with Crippen LogP contribution in [0.3, 0.4) is 0 Å². The zero-order valence-electron chi connectivity index (χ0n) is 12.2. The lowest BCUT2D eigenvalue weighted by Crippen LogP contribution is -1.98. The highest BCUT2D eigenvalue weighted by Gasteiger charge is 2.13. The van der Waals surface area contributed by atoms with Crippen LogP contribution in [0.25, 0.3) is 22.4 Å². The summed E-state index contributed by atoms with van der Waals surface area (Å²) in [5.74, 6) is 0.562. The average Bonchev–Trinajstić information content (AvgIpc) is 2.83. The van der Waals surface area contributed by atoms with Gasteiger partial charge in [-0.2, -0.15) is 0 Å². The zero-order chi connectivity index (χ0) is 15.0. The molecule has 0 saturated heterocycles. The van der Waals surface area contributed by atoms with Crippen LogP contribution in [0.4, 0.5) is 4.39 Å². The third kappa shape index (κ3) is 2.43. The molecule has 0 aliphatic carbocycles. The van der Waals surface area contributed by atoms with Gasteiger partial charge in [0.1, 0.15) is 11.6 Å². The smallest absolute Gasteiger partial charge is 0.141 e. The van der Waals surface area contributed by atoms with Crippen LogP contribution >= 0.6 is 0 Å². The zero-order valence-corrected chi connectivity index (χ0v) is 12.2. The number of aryl methyl sites for hydroxylation is 2. The van der Waals surface area contributed by atoms with Crippen molar-refractivity contribution in [3.8, 4) is 11.4 Å². The molecule has 21 heavy (non-hydrogen) atoms. The first kappa shape index (κ1) is 13.8. The number of nitrogens with zero attached hydrogens (tertiary/aromatic N) is 2. The molecule has 0 unspecified atom stereocenters. The lowest BCUT2D eigenvalue weighted by Gasteiger charge is -2.07. The number of rotatable bonds is 3. The average molecular weight is 283 g/mol. The second-order valence-electron chi connectivity index (χ2n) is 5.22. The number of hydrogen-bond acceptors (Lipinski definition) is 2. The van der Waals surface area contributed by atoms with Gasteiger partial charge in [0.05, 0.1) is 11.0 Å². The molecule has 0 atom stereocenters. The Morgan fingerprint density at radius 2 is 2.00 bits per heavy atom. The van der Waals surface area contributed by atoms with Crippen LogP contribution in [0, 0.1) is 12.7 Å². The Hall–Kier alpha value is -2.20. The first-order valence-electron chi connectivity index (χ1n) is 7.09. The molecule has 0 radical (unpaired) electrons. The highest BCUT2D eigenvalue weighted by atomic mass is 19.1. The summed E-state index contributed by atoms with van der Waals surface area (Å²) in [6.45, 7) is 5.22. The van der Waals surface area contributed by atoms with Crippen molar-refractivity contribution in [2.75, 3.05) is 0 Å². The van der Waals surface area contributed by atoms with Gasteiger partial charge < -0.3 is 10.3 Å². The minimum Gasteiger partial charge on any atom is -0.326 e. The SMILES string of the molecule is CCn1c(-c2cc(C)cc(F)c2)nc2cc(CN)ccc21. The van der Waals surface area contributed by atoms with Crippen molar-refractivity contribution in [3.05, 3.63) is 53.3 Å². The minimum atomic E-state index is -0.234. The van der Waals surface area contributed by atoms with Gasteiger partial charge in [0.25, 0.3) is 0 Å². The Morgan fingerprint density at radius 1 is 1.19 bits per heavy atom. The van der Waals surface area contributed by atoms with E-state index in [0.29, 0.717) is 6.54 Å². The van der Waals surface area contributed by atoms with E-state index in [9.17, 15) is 4.39 Å². The van der Waals surface area contributed by atoms with Gasteiger partial charge in [0.15, 0.2) is 0 Å². The van der Waals surface area contributed by atoms with Crippen LogP contribution in [0.15, 0.2) is 36.4 Å². The fraction of sp³-hybridized carbons (Fsp3) is 0.235. The second-order valence-corrected chi connectivity index (χ2v) is 5.22. The molecule has 0 spiro atoms. The molecule has 1 heterocycles. The summed E-state index contributed by atoms with van der Waals surface area (Å²) in [5.41, 5.74) is 10.4. The van der Waals surface area contributed by atoms with Crippen molar-refractivity contribution in [1.82, 2.24) is 9.55 Å². The first-order chi connectivity index (χ1) is 10.1. The number of imidazole rings is 1. The molecule has 0 aliphatic heterocycles. The van der Waals surface area contributed by atoms with E-state index in [4.69, 9.17) is 5.73 Å². The van der Waals surface area contributed by atoms with E-state index < -0.39 is 0 Å². The highest BCUT2D eigenvalue weighted by molar-refractivity contribution is 5.81. The van der Waals surface area contributed by atoms with Crippen LogP contribution in [-0.2, 0) is 13.1 Å². The summed E-state index contributed by atoms with van der Waals surface area (Å²) < 4.78 is 15.8. The fourth-order valence-corrected chi connectivity index (χ4v) is 2.71. The fourth-order valence-electron chi connectivity index (χ4n) is 2.71. The van der Waals surface area contributed by atoms with Crippen molar-refractivity contribution < 1.29 is 4.39 Å². The third-order valence-corrected chi connectivity index (χ3v) is 3.66. The van der Waals surface area contributed by atoms with Crippen molar-refractivity contribution in [1.29, 1.82) is 0 Å². The van der Waals surface area contributed by atoms with E-state index in [-0.39, 0.29) is 5.82 Å². The molecule has 3 aromatic rings. The van der Waals surface area contributed by atoms with Gasteiger partial charge in [0.2, 0.25) is 0 Å². The van der Waals surface area contributed by atoms with Gasteiger partial charge in [-0.1, -0.05) is 6.07 Å². The highest BCUT2D eigenvalue weighted by Crippen LogP contribution is 2.27. The monoisotopic (exact) mass is 283 g/mol. The third-order valence-electron chi connectivity index (χ3n) is 3.66. The maximum absolute atomic E-state index is 13.7. The topological polar surface area (TPSA) is 43.8 Å². The van der Waals surface area contributed by atoms with Crippen molar-refractivity contribution >= 4 is 11.0 Å². The maximum atomic E-state index is 13.7.